The maximum absolute atomic E-state index is 12.3. The zero-order valence-electron chi connectivity index (χ0n) is 18.6. The van der Waals surface area contributed by atoms with Crippen LogP contribution in [-0.4, -0.2) is 61.0 Å². The van der Waals surface area contributed by atoms with Crippen LogP contribution in [0, 0.1) is 6.92 Å². The fourth-order valence-corrected chi connectivity index (χ4v) is 4.62. The number of aryl methyl sites for hydroxylation is 1. The highest BCUT2D eigenvalue weighted by atomic mass is 16.5. The molecule has 1 aromatic heterocycles. The highest BCUT2D eigenvalue weighted by molar-refractivity contribution is 5.96. The molecule has 2 aliphatic rings. The number of piperazine rings is 1. The Balaban J connectivity index is 1.29. The van der Waals surface area contributed by atoms with E-state index in [0.29, 0.717) is 18.0 Å². The van der Waals surface area contributed by atoms with Gasteiger partial charge >= 0.3 is 0 Å². The first-order valence-electron chi connectivity index (χ1n) is 11.2. The lowest BCUT2D eigenvalue weighted by Gasteiger charge is -2.37. The molecule has 8 nitrogen and oxygen atoms in total. The van der Waals surface area contributed by atoms with Crippen molar-refractivity contribution < 1.29 is 14.3 Å². The molecule has 3 aromatic rings. The summed E-state index contributed by atoms with van der Waals surface area (Å²) in [4.78, 5) is 33.3. The second kappa shape index (κ2) is 8.71. The van der Waals surface area contributed by atoms with Crippen molar-refractivity contribution in [2.24, 2.45) is 5.73 Å². The molecule has 1 atom stereocenters. The van der Waals surface area contributed by atoms with Gasteiger partial charge in [0.25, 0.3) is 5.91 Å². The normalized spacial score (nSPS) is 17.2. The van der Waals surface area contributed by atoms with E-state index in [4.69, 9.17) is 10.5 Å². The second-order valence-corrected chi connectivity index (χ2v) is 8.63. The van der Waals surface area contributed by atoms with Crippen molar-refractivity contribution in [2.45, 2.75) is 12.8 Å². The van der Waals surface area contributed by atoms with Gasteiger partial charge in [-0.05, 0) is 48.9 Å². The van der Waals surface area contributed by atoms with E-state index in [1.54, 1.807) is 12.1 Å². The van der Waals surface area contributed by atoms with Crippen LogP contribution in [0.3, 0.4) is 0 Å². The Labute approximate surface area is 192 Å². The van der Waals surface area contributed by atoms with Crippen molar-refractivity contribution >= 4 is 34.1 Å². The summed E-state index contributed by atoms with van der Waals surface area (Å²) in [6, 6.07) is 15.9. The van der Waals surface area contributed by atoms with Crippen LogP contribution in [0.15, 0.2) is 48.5 Å². The number of primary amides is 1. The molecule has 3 N–H and O–H groups in total. The monoisotopic (exact) mass is 445 g/mol. The highest BCUT2D eigenvalue weighted by Crippen LogP contribution is 2.32. The summed E-state index contributed by atoms with van der Waals surface area (Å²) in [6.07, 6.45) is 0. The molecule has 5 rings (SSSR count). The SMILES string of the molecule is Cc1ccc2c(N3CCN(CC(C(N)=O)c4ccc5c(c4)NC(=O)CO5)CC3)cccc2n1. The number of amides is 2. The molecule has 0 spiro atoms. The number of rotatable bonds is 5. The van der Waals surface area contributed by atoms with Gasteiger partial charge in [-0.1, -0.05) is 12.1 Å². The fourth-order valence-electron chi connectivity index (χ4n) is 4.62. The van der Waals surface area contributed by atoms with E-state index >= 15 is 0 Å². The molecule has 3 heterocycles. The fraction of sp³-hybridized carbons (Fsp3) is 0.320. The molecule has 170 valence electrons. The molecule has 2 aromatic carbocycles. The molecule has 0 saturated carbocycles. The van der Waals surface area contributed by atoms with Crippen LogP contribution < -0.4 is 20.7 Å². The summed E-state index contributed by atoms with van der Waals surface area (Å²) in [5.41, 5.74) is 10.4. The number of pyridine rings is 1. The maximum atomic E-state index is 12.3. The lowest BCUT2D eigenvalue weighted by atomic mass is 9.96. The Morgan fingerprint density at radius 2 is 1.97 bits per heavy atom. The Hall–Kier alpha value is -3.65. The number of nitrogens with zero attached hydrogens (tertiary/aromatic N) is 3. The lowest BCUT2D eigenvalue weighted by molar-refractivity contribution is -0.120. The van der Waals surface area contributed by atoms with E-state index in [1.807, 2.05) is 25.1 Å². The molecular weight excluding hydrogens is 418 g/mol. The van der Waals surface area contributed by atoms with Crippen LogP contribution in [0.5, 0.6) is 5.75 Å². The third-order valence-electron chi connectivity index (χ3n) is 6.38. The second-order valence-electron chi connectivity index (χ2n) is 8.63. The van der Waals surface area contributed by atoms with Crippen LogP contribution in [0.25, 0.3) is 10.9 Å². The first-order chi connectivity index (χ1) is 16.0. The van der Waals surface area contributed by atoms with Gasteiger partial charge in [-0.3, -0.25) is 19.5 Å². The van der Waals surface area contributed by atoms with Gasteiger partial charge in [0.2, 0.25) is 5.91 Å². The predicted molar refractivity (Wildman–Crippen MR) is 128 cm³/mol. The largest absolute Gasteiger partial charge is 0.482 e. The minimum atomic E-state index is -0.467. The van der Waals surface area contributed by atoms with Gasteiger partial charge in [-0.25, -0.2) is 0 Å². The number of benzene rings is 2. The zero-order valence-corrected chi connectivity index (χ0v) is 18.6. The molecule has 8 heteroatoms. The number of hydrogen-bond acceptors (Lipinski definition) is 6. The first kappa shape index (κ1) is 21.2. The Bertz CT molecular complexity index is 1220. The van der Waals surface area contributed by atoms with Gasteiger partial charge in [-0.2, -0.15) is 0 Å². The zero-order chi connectivity index (χ0) is 22.9. The summed E-state index contributed by atoms with van der Waals surface area (Å²) >= 11 is 0. The van der Waals surface area contributed by atoms with Crippen molar-refractivity contribution in [3.8, 4) is 5.75 Å². The van der Waals surface area contributed by atoms with Crippen LogP contribution >= 0.6 is 0 Å². The van der Waals surface area contributed by atoms with Crippen LogP contribution in [0.4, 0.5) is 11.4 Å². The minimum absolute atomic E-state index is 0.00222. The number of aromatic nitrogens is 1. The number of hydrogen-bond donors (Lipinski definition) is 2. The summed E-state index contributed by atoms with van der Waals surface area (Å²) in [6.45, 7) is 5.90. The quantitative estimate of drug-likeness (QED) is 0.625. The van der Waals surface area contributed by atoms with Gasteiger partial charge in [-0.15, -0.1) is 0 Å². The highest BCUT2D eigenvalue weighted by Gasteiger charge is 2.27. The number of anilines is 2. The summed E-state index contributed by atoms with van der Waals surface area (Å²) in [7, 11) is 0. The lowest BCUT2D eigenvalue weighted by Crippen LogP contribution is -2.48. The van der Waals surface area contributed by atoms with Crippen LogP contribution in [0.2, 0.25) is 0 Å². The molecule has 0 aliphatic carbocycles. The predicted octanol–water partition coefficient (Wildman–Crippen LogP) is 2.27. The average Bonchev–Trinajstić information content (AvgIpc) is 2.81. The topological polar surface area (TPSA) is 101 Å². The van der Waals surface area contributed by atoms with Gasteiger partial charge in [0, 0.05) is 49.5 Å². The van der Waals surface area contributed by atoms with E-state index in [-0.39, 0.29) is 18.4 Å². The molecule has 1 saturated heterocycles. The molecule has 1 fully saturated rings. The molecule has 0 bridgehead atoms. The van der Waals surface area contributed by atoms with Crippen molar-refractivity contribution in [3.63, 3.8) is 0 Å². The standard InChI is InChI=1S/C25H27N5O3/c1-16-5-7-18-20(27-16)3-2-4-22(18)30-11-9-29(10-12-30)14-19(25(26)32)17-6-8-23-21(13-17)28-24(31)15-33-23/h2-8,13,19H,9-12,14-15H2,1H3,(H2,26,32)(H,28,31). The Morgan fingerprint density at radius 1 is 1.15 bits per heavy atom. The number of carbonyl (C=O) groups is 2. The molecule has 33 heavy (non-hydrogen) atoms. The van der Waals surface area contributed by atoms with Crippen molar-refractivity contribution in [1.82, 2.24) is 9.88 Å². The summed E-state index contributed by atoms with van der Waals surface area (Å²) < 4.78 is 5.42. The van der Waals surface area contributed by atoms with Crippen molar-refractivity contribution in [1.29, 1.82) is 0 Å². The number of fused-ring (bicyclic) bond motifs is 2. The third-order valence-corrected chi connectivity index (χ3v) is 6.38. The summed E-state index contributed by atoms with van der Waals surface area (Å²) in [5, 5.41) is 3.96. The number of ether oxygens (including phenoxy) is 1. The van der Waals surface area contributed by atoms with E-state index in [1.165, 1.54) is 5.69 Å². The average molecular weight is 446 g/mol. The summed E-state index contributed by atoms with van der Waals surface area (Å²) in [5.74, 6) is -0.443. The first-order valence-corrected chi connectivity index (χ1v) is 11.2. The van der Waals surface area contributed by atoms with Crippen LogP contribution in [-0.2, 0) is 9.59 Å². The number of nitrogens with one attached hydrogen (secondary N) is 1. The van der Waals surface area contributed by atoms with E-state index < -0.39 is 5.92 Å². The third kappa shape index (κ3) is 4.34. The van der Waals surface area contributed by atoms with E-state index in [9.17, 15) is 9.59 Å². The van der Waals surface area contributed by atoms with Crippen molar-refractivity contribution in [3.05, 3.63) is 59.8 Å². The Morgan fingerprint density at radius 3 is 2.76 bits per heavy atom. The minimum Gasteiger partial charge on any atom is -0.482 e. The van der Waals surface area contributed by atoms with Crippen LogP contribution in [0.1, 0.15) is 17.2 Å². The maximum Gasteiger partial charge on any atom is 0.262 e. The Kier molecular flexibility index (Phi) is 5.60. The van der Waals surface area contributed by atoms with Gasteiger partial charge in [0.05, 0.1) is 17.1 Å². The van der Waals surface area contributed by atoms with Gasteiger partial charge in [0.15, 0.2) is 6.61 Å². The molecule has 2 aliphatic heterocycles. The number of carbonyl (C=O) groups excluding carboxylic acids is 2. The molecular formula is C25H27N5O3. The van der Waals surface area contributed by atoms with Gasteiger partial charge < -0.3 is 20.7 Å². The van der Waals surface area contributed by atoms with Gasteiger partial charge in [0.1, 0.15) is 5.75 Å². The van der Waals surface area contributed by atoms with E-state index in [0.717, 1.165) is 48.3 Å². The molecule has 1 unspecified atom stereocenters. The smallest absolute Gasteiger partial charge is 0.262 e. The number of nitrogens with two attached hydrogens (primary N) is 1. The molecule has 0 radical (unpaired) electrons. The van der Waals surface area contributed by atoms with E-state index in [2.05, 4.69) is 38.3 Å². The molecule has 2 amide bonds. The van der Waals surface area contributed by atoms with Crippen molar-refractivity contribution in [2.75, 3.05) is 49.5 Å².